The van der Waals surface area contributed by atoms with Crippen molar-refractivity contribution < 1.29 is 0 Å². The first-order valence-electron chi connectivity index (χ1n) is 18.8. The lowest BCUT2D eigenvalue weighted by atomic mass is 9.92. The number of nitrogens with zero attached hydrogens (tertiary/aromatic N) is 3. The van der Waals surface area contributed by atoms with Gasteiger partial charge in [0.1, 0.15) is 0 Å². The van der Waals surface area contributed by atoms with Crippen molar-refractivity contribution in [3.63, 3.8) is 0 Å². The van der Waals surface area contributed by atoms with Crippen LogP contribution in [-0.4, -0.2) is 15.0 Å². The lowest BCUT2D eigenvalue weighted by Gasteiger charge is -2.12. The minimum Gasteiger partial charge on any atom is -0.208 e. The fourth-order valence-electron chi connectivity index (χ4n) is 8.57. The van der Waals surface area contributed by atoms with E-state index in [9.17, 15) is 0 Å². The average molecular weight is 748 g/mol. The number of aromatic nitrogens is 3. The maximum atomic E-state index is 5.33. The molecule has 0 saturated carbocycles. The van der Waals surface area contributed by atoms with Crippen LogP contribution in [0.5, 0.6) is 0 Å². The quantitative estimate of drug-likeness (QED) is 0.168. The third kappa shape index (κ3) is 4.85. The van der Waals surface area contributed by atoms with E-state index < -0.39 is 0 Å². The average Bonchev–Trinajstić information content (AvgIpc) is 3.85. The van der Waals surface area contributed by atoms with Gasteiger partial charge in [-0.3, -0.25) is 0 Å². The van der Waals surface area contributed by atoms with Crippen molar-refractivity contribution in [2.45, 2.75) is 0 Å². The highest BCUT2D eigenvalue weighted by Gasteiger charge is 2.20. The van der Waals surface area contributed by atoms with E-state index in [1.54, 1.807) is 11.3 Å². The summed E-state index contributed by atoms with van der Waals surface area (Å²) in [6.07, 6.45) is 0. The molecule has 12 aromatic rings. The molecule has 12 rings (SSSR count). The molecule has 9 aromatic carbocycles. The lowest BCUT2D eigenvalue weighted by Crippen LogP contribution is -2.00. The highest BCUT2D eigenvalue weighted by molar-refractivity contribution is 7.26. The number of hydrogen-bond donors (Lipinski definition) is 0. The van der Waals surface area contributed by atoms with Crippen LogP contribution in [0.1, 0.15) is 0 Å². The van der Waals surface area contributed by atoms with E-state index in [2.05, 4.69) is 158 Å². The molecule has 3 aromatic heterocycles. The normalized spacial score (nSPS) is 11.9. The molecule has 5 heteroatoms. The second-order valence-corrected chi connectivity index (χ2v) is 16.5. The Hall–Kier alpha value is -6.79. The van der Waals surface area contributed by atoms with E-state index in [4.69, 9.17) is 15.0 Å². The van der Waals surface area contributed by atoms with Crippen LogP contribution < -0.4 is 0 Å². The van der Waals surface area contributed by atoms with Crippen LogP contribution in [0.4, 0.5) is 0 Å². The maximum absolute atomic E-state index is 5.33. The minimum atomic E-state index is 0.662. The van der Waals surface area contributed by atoms with Crippen molar-refractivity contribution in [1.29, 1.82) is 0 Å². The smallest absolute Gasteiger partial charge is 0.164 e. The highest BCUT2D eigenvalue weighted by Crippen LogP contribution is 2.44. The van der Waals surface area contributed by atoms with Gasteiger partial charge in [0.15, 0.2) is 17.5 Å². The number of thiophene rings is 2. The predicted octanol–water partition coefficient (Wildman–Crippen LogP) is 14.7. The molecule has 0 atom stereocenters. The van der Waals surface area contributed by atoms with Gasteiger partial charge in [-0.1, -0.05) is 140 Å². The molecule has 0 saturated heterocycles. The Balaban J connectivity index is 1.08. The Morgan fingerprint density at radius 2 is 0.714 bits per heavy atom. The summed E-state index contributed by atoms with van der Waals surface area (Å²) in [4.78, 5) is 15.7. The Bertz CT molecular complexity index is 3510. The summed E-state index contributed by atoms with van der Waals surface area (Å²) in [5.41, 5.74) is 5.36. The Kier molecular flexibility index (Phi) is 6.97. The first-order chi connectivity index (χ1) is 27.7. The third-order valence-electron chi connectivity index (χ3n) is 11.1. The molecule has 0 aliphatic heterocycles. The molecule has 260 valence electrons. The maximum Gasteiger partial charge on any atom is 0.164 e. The summed E-state index contributed by atoms with van der Waals surface area (Å²) in [6.45, 7) is 0. The first kappa shape index (κ1) is 31.5. The van der Waals surface area contributed by atoms with Crippen LogP contribution in [0, 0.1) is 0 Å². The molecule has 3 heterocycles. The molecule has 0 N–H and O–H groups in total. The van der Waals surface area contributed by atoms with Crippen LogP contribution in [0.25, 0.3) is 118 Å². The number of fused-ring (bicyclic) bond motifs is 12. The summed E-state index contributed by atoms with van der Waals surface area (Å²) in [6, 6.07) is 63.2. The van der Waals surface area contributed by atoms with Gasteiger partial charge < -0.3 is 0 Å². The van der Waals surface area contributed by atoms with Gasteiger partial charge in [0, 0.05) is 57.0 Å². The highest BCUT2D eigenvalue weighted by atomic mass is 32.1. The van der Waals surface area contributed by atoms with Crippen LogP contribution in [0.15, 0.2) is 176 Å². The Morgan fingerprint density at radius 3 is 1.36 bits per heavy atom. The summed E-state index contributed by atoms with van der Waals surface area (Å²) >= 11 is 3.62. The standard InChI is InChI=1S/C51H29N3S2/c1-2-12-30(13-3-1)49-52-50(39-19-10-22-45-47(39)38-18-8-9-21-43(38)55-45)54-51(53-49)40-20-11-23-46-48(40)42-29-32(25-27-44(42)56-46)31-24-26-37-35-16-5-4-14-33(35)34-15-6-7-17-36(34)41(37)28-31/h1-29H. The lowest BCUT2D eigenvalue weighted by molar-refractivity contribution is 1.08. The van der Waals surface area contributed by atoms with Gasteiger partial charge in [-0.2, -0.15) is 0 Å². The topological polar surface area (TPSA) is 38.7 Å². The van der Waals surface area contributed by atoms with Crippen molar-refractivity contribution in [2.75, 3.05) is 0 Å². The third-order valence-corrected chi connectivity index (χ3v) is 13.4. The second kappa shape index (κ2) is 12.4. The van der Waals surface area contributed by atoms with Gasteiger partial charge in [-0.05, 0) is 79.8 Å². The molecule has 0 spiro atoms. The Morgan fingerprint density at radius 1 is 0.268 bits per heavy atom. The molecular weight excluding hydrogens is 719 g/mol. The molecule has 56 heavy (non-hydrogen) atoms. The van der Waals surface area contributed by atoms with Gasteiger partial charge in [0.2, 0.25) is 0 Å². The van der Waals surface area contributed by atoms with Crippen LogP contribution >= 0.6 is 22.7 Å². The van der Waals surface area contributed by atoms with E-state index in [0.29, 0.717) is 17.5 Å². The van der Waals surface area contributed by atoms with Crippen molar-refractivity contribution in [2.24, 2.45) is 0 Å². The van der Waals surface area contributed by atoms with E-state index in [0.717, 1.165) is 16.7 Å². The van der Waals surface area contributed by atoms with Gasteiger partial charge in [-0.25, -0.2) is 15.0 Å². The zero-order valence-electron chi connectivity index (χ0n) is 29.9. The Labute approximate surface area is 329 Å². The largest absolute Gasteiger partial charge is 0.208 e. The van der Waals surface area contributed by atoms with Gasteiger partial charge in [0.05, 0.1) is 0 Å². The molecule has 0 radical (unpaired) electrons. The zero-order chi connectivity index (χ0) is 36.7. The number of benzene rings is 9. The minimum absolute atomic E-state index is 0.662. The van der Waals surface area contributed by atoms with Crippen molar-refractivity contribution in [3.05, 3.63) is 176 Å². The summed E-state index contributed by atoms with van der Waals surface area (Å²) < 4.78 is 4.92. The number of rotatable bonds is 4. The van der Waals surface area contributed by atoms with Crippen LogP contribution in [-0.2, 0) is 0 Å². The van der Waals surface area contributed by atoms with E-state index >= 15 is 0 Å². The van der Waals surface area contributed by atoms with Crippen molar-refractivity contribution in [3.8, 4) is 45.3 Å². The zero-order valence-corrected chi connectivity index (χ0v) is 31.5. The summed E-state index contributed by atoms with van der Waals surface area (Å²) in [5.74, 6) is 2.01. The molecule has 0 unspecified atom stereocenters. The molecule has 0 aliphatic carbocycles. The van der Waals surface area contributed by atoms with Crippen LogP contribution in [0.2, 0.25) is 0 Å². The SMILES string of the molecule is c1ccc(-c2nc(-c3cccc4sc5ccccc5c34)nc(-c3cccc4sc5ccc(-c6ccc7c8ccccc8c8ccccc8c7c6)cc5c34)n2)cc1. The van der Waals surface area contributed by atoms with Gasteiger partial charge >= 0.3 is 0 Å². The molecule has 0 bridgehead atoms. The molecule has 0 aliphatic rings. The summed E-state index contributed by atoms with van der Waals surface area (Å²) in [5, 5.41) is 12.5. The monoisotopic (exact) mass is 747 g/mol. The molecule has 3 nitrogen and oxygen atoms in total. The summed E-state index contributed by atoms with van der Waals surface area (Å²) in [7, 11) is 0. The van der Waals surface area contributed by atoms with Crippen molar-refractivity contribution >= 4 is 95.3 Å². The first-order valence-corrected chi connectivity index (χ1v) is 20.4. The molecule has 0 fully saturated rings. The predicted molar refractivity (Wildman–Crippen MR) is 240 cm³/mol. The van der Waals surface area contributed by atoms with E-state index in [1.807, 2.05) is 29.5 Å². The van der Waals surface area contributed by atoms with Gasteiger partial charge in [0.25, 0.3) is 0 Å². The fraction of sp³-hybridized carbons (Fsp3) is 0. The molecule has 0 amide bonds. The fourth-order valence-corrected chi connectivity index (χ4v) is 10.8. The number of hydrogen-bond acceptors (Lipinski definition) is 5. The van der Waals surface area contributed by atoms with Crippen LogP contribution in [0.3, 0.4) is 0 Å². The second-order valence-electron chi connectivity index (χ2n) is 14.3. The van der Waals surface area contributed by atoms with E-state index in [1.165, 1.54) is 83.8 Å². The van der Waals surface area contributed by atoms with Crippen molar-refractivity contribution in [1.82, 2.24) is 15.0 Å². The molecular formula is C51H29N3S2. The van der Waals surface area contributed by atoms with Gasteiger partial charge in [-0.15, -0.1) is 22.7 Å². The van der Waals surface area contributed by atoms with E-state index in [-0.39, 0.29) is 0 Å².